The molecule has 1 aliphatic rings. The second-order valence-corrected chi connectivity index (χ2v) is 9.58. The fourth-order valence-electron chi connectivity index (χ4n) is 4.40. The van der Waals surface area contributed by atoms with Crippen LogP contribution in [0.2, 0.25) is 0 Å². The van der Waals surface area contributed by atoms with Crippen LogP contribution in [0.4, 0.5) is 8.78 Å². The minimum absolute atomic E-state index is 0.330. The molecule has 0 amide bonds. The highest BCUT2D eigenvalue weighted by molar-refractivity contribution is 7.99. The van der Waals surface area contributed by atoms with Crippen molar-refractivity contribution in [2.45, 2.75) is 49.7 Å². The zero-order valence-corrected chi connectivity index (χ0v) is 19.3. The lowest BCUT2D eigenvalue weighted by atomic mass is 10.1. The Balaban J connectivity index is 1.49. The first-order chi connectivity index (χ1) is 16.1. The molecular weight excluding hydrogens is 442 g/mol. The van der Waals surface area contributed by atoms with Gasteiger partial charge in [-0.15, -0.1) is 10.2 Å². The fourth-order valence-corrected chi connectivity index (χ4v) is 5.39. The summed E-state index contributed by atoms with van der Waals surface area (Å²) < 4.78 is 31.0. The summed E-state index contributed by atoms with van der Waals surface area (Å²) in [5, 5.41) is 9.31. The number of aromatic nitrogens is 5. The summed E-state index contributed by atoms with van der Waals surface area (Å²) in [5.41, 5.74) is 1.97. The molecule has 0 saturated carbocycles. The molecule has 0 radical (unpaired) electrons. The van der Waals surface area contributed by atoms with Gasteiger partial charge in [-0.25, -0.2) is 4.98 Å². The number of likely N-dealkylation sites (tertiary alicyclic amines) is 1. The van der Waals surface area contributed by atoms with Gasteiger partial charge in [-0.2, -0.15) is 8.78 Å². The predicted octanol–water partition coefficient (Wildman–Crippen LogP) is 5.85. The summed E-state index contributed by atoms with van der Waals surface area (Å²) in [5.74, 6) is 1.19. The molecular formula is C24H26F2N6S. The smallest absolute Gasteiger partial charge is 0.296 e. The van der Waals surface area contributed by atoms with Crippen LogP contribution in [0.25, 0.3) is 16.7 Å². The van der Waals surface area contributed by atoms with Crippen molar-refractivity contribution in [3.8, 4) is 5.69 Å². The van der Waals surface area contributed by atoms with Crippen LogP contribution < -0.4 is 0 Å². The van der Waals surface area contributed by atoms with E-state index in [4.69, 9.17) is 0 Å². The molecule has 1 fully saturated rings. The molecule has 1 aliphatic heterocycles. The van der Waals surface area contributed by atoms with E-state index in [1.807, 2.05) is 47.9 Å². The van der Waals surface area contributed by atoms with Crippen LogP contribution in [0, 0.1) is 0 Å². The van der Waals surface area contributed by atoms with E-state index in [0.717, 1.165) is 29.2 Å². The van der Waals surface area contributed by atoms with Crippen molar-refractivity contribution in [2.24, 2.45) is 0 Å². The molecule has 0 aliphatic carbocycles. The van der Waals surface area contributed by atoms with Gasteiger partial charge in [-0.3, -0.25) is 14.0 Å². The number of piperidine rings is 1. The number of hydrogen-bond donors (Lipinski definition) is 0. The van der Waals surface area contributed by atoms with Crippen LogP contribution in [0.15, 0.2) is 59.8 Å². The highest BCUT2D eigenvalue weighted by Gasteiger charge is 2.26. The largest absolute Gasteiger partial charge is 0.320 e. The lowest BCUT2D eigenvalue weighted by molar-refractivity contribution is 0.0715. The van der Waals surface area contributed by atoms with Crippen LogP contribution in [-0.2, 0) is 6.54 Å². The van der Waals surface area contributed by atoms with Gasteiger partial charge in [-0.05, 0) is 57.1 Å². The number of benzene rings is 2. The van der Waals surface area contributed by atoms with Gasteiger partial charge in [0, 0.05) is 5.69 Å². The highest BCUT2D eigenvalue weighted by atomic mass is 32.2. The van der Waals surface area contributed by atoms with E-state index < -0.39 is 6.55 Å². The minimum atomic E-state index is -2.67. The zero-order chi connectivity index (χ0) is 22.8. The third-order valence-corrected chi connectivity index (χ3v) is 7.03. The van der Waals surface area contributed by atoms with Crippen LogP contribution in [0.1, 0.15) is 49.6 Å². The molecule has 6 nitrogen and oxygen atoms in total. The lowest BCUT2D eigenvalue weighted by Crippen LogP contribution is -2.30. The van der Waals surface area contributed by atoms with Crippen molar-refractivity contribution in [2.75, 3.05) is 13.1 Å². The molecule has 0 spiro atoms. The van der Waals surface area contributed by atoms with E-state index in [9.17, 15) is 8.78 Å². The first kappa shape index (κ1) is 22.0. The van der Waals surface area contributed by atoms with Gasteiger partial charge < -0.3 is 0 Å². The van der Waals surface area contributed by atoms with Crippen LogP contribution in [0.3, 0.4) is 0 Å². The molecule has 2 aromatic heterocycles. The van der Waals surface area contributed by atoms with Crippen molar-refractivity contribution in [1.82, 2.24) is 29.2 Å². The van der Waals surface area contributed by atoms with Gasteiger partial charge in [0.2, 0.25) is 0 Å². The molecule has 0 bridgehead atoms. The normalized spacial score (nSPS) is 16.0. The number of imidazole rings is 1. The van der Waals surface area contributed by atoms with Crippen LogP contribution in [0.5, 0.6) is 0 Å². The third-order valence-electron chi connectivity index (χ3n) is 5.99. The number of nitrogens with zero attached hydrogens (tertiary/aromatic N) is 6. The molecule has 5 rings (SSSR count). The van der Waals surface area contributed by atoms with E-state index in [1.54, 1.807) is 18.2 Å². The Morgan fingerprint density at radius 1 is 0.939 bits per heavy atom. The quantitative estimate of drug-likeness (QED) is 0.319. The molecule has 4 aromatic rings. The van der Waals surface area contributed by atoms with Gasteiger partial charge in [0.05, 0.1) is 22.8 Å². The second kappa shape index (κ2) is 9.61. The number of fused-ring (bicyclic) bond motifs is 1. The molecule has 0 N–H and O–H groups in total. The van der Waals surface area contributed by atoms with Crippen molar-refractivity contribution in [3.63, 3.8) is 0 Å². The van der Waals surface area contributed by atoms with Crippen LogP contribution >= 0.6 is 11.8 Å². The molecule has 2 aromatic carbocycles. The molecule has 3 heterocycles. The highest BCUT2D eigenvalue weighted by Crippen LogP contribution is 2.38. The lowest BCUT2D eigenvalue weighted by Gasteiger charge is -2.26. The number of alkyl halides is 2. The van der Waals surface area contributed by atoms with E-state index >= 15 is 0 Å². The predicted molar refractivity (Wildman–Crippen MR) is 126 cm³/mol. The van der Waals surface area contributed by atoms with Gasteiger partial charge in [0.15, 0.2) is 11.0 Å². The average Bonchev–Trinajstić information content (AvgIpc) is 3.42. The summed E-state index contributed by atoms with van der Waals surface area (Å²) in [6.07, 6.45) is 3.66. The Labute approximate surface area is 195 Å². The monoisotopic (exact) mass is 468 g/mol. The molecule has 9 heteroatoms. The SMILES string of the molecule is CC(Sc1nnc(CN2CCCCC2)n1-c1ccccc1)c1nc2ccccc2n1C(F)F. The van der Waals surface area contributed by atoms with Crippen molar-refractivity contribution in [1.29, 1.82) is 0 Å². The van der Waals surface area contributed by atoms with Crippen molar-refractivity contribution < 1.29 is 8.78 Å². The van der Waals surface area contributed by atoms with Gasteiger partial charge in [0.1, 0.15) is 5.82 Å². The Hall–Kier alpha value is -2.78. The molecule has 1 atom stereocenters. The van der Waals surface area contributed by atoms with Crippen molar-refractivity contribution >= 4 is 22.8 Å². The van der Waals surface area contributed by atoms with Gasteiger partial charge in [0.25, 0.3) is 0 Å². The number of thioether (sulfide) groups is 1. The number of rotatable bonds is 7. The molecule has 172 valence electrons. The summed E-state index contributed by atoms with van der Waals surface area (Å²) in [6.45, 7) is 2.04. The van der Waals surface area contributed by atoms with Gasteiger partial charge >= 0.3 is 6.55 Å². The summed E-state index contributed by atoms with van der Waals surface area (Å²) in [4.78, 5) is 6.93. The zero-order valence-electron chi connectivity index (χ0n) is 18.4. The van der Waals surface area contributed by atoms with E-state index in [2.05, 4.69) is 20.1 Å². The van der Waals surface area contributed by atoms with Gasteiger partial charge in [-0.1, -0.05) is 48.5 Å². The molecule has 33 heavy (non-hydrogen) atoms. The Morgan fingerprint density at radius 2 is 1.67 bits per heavy atom. The average molecular weight is 469 g/mol. The standard InChI is InChI=1S/C24H26F2N6S/c1-17(22-27-19-12-6-7-13-20(19)32(22)23(25)26)33-24-29-28-21(16-30-14-8-3-9-15-30)31(24)18-10-4-2-5-11-18/h2,4-7,10-13,17,23H,3,8-9,14-16H2,1H3. The maximum absolute atomic E-state index is 14.0. The Kier molecular flexibility index (Phi) is 6.41. The van der Waals surface area contributed by atoms with Crippen LogP contribution in [-0.4, -0.2) is 42.3 Å². The maximum Gasteiger partial charge on any atom is 0.320 e. The number of hydrogen-bond acceptors (Lipinski definition) is 5. The maximum atomic E-state index is 14.0. The van der Waals surface area contributed by atoms with E-state index in [1.165, 1.54) is 31.0 Å². The third kappa shape index (κ3) is 4.52. The topological polar surface area (TPSA) is 51.8 Å². The number of halogens is 2. The van der Waals surface area contributed by atoms with E-state index in [-0.39, 0.29) is 5.25 Å². The first-order valence-electron chi connectivity index (χ1n) is 11.3. The van der Waals surface area contributed by atoms with Crippen molar-refractivity contribution in [3.05, 3.63) is 66.2 Å². The molecule has 1 saturated heterocycles. The van der Waals surface area contributed by atoms with E-state index in [0.29, 0.717) is 28.6 Å². The number of para-hydroxylation sites is 3. The first-order valence-corrected chi connectivity index (χ1v) is 12.1. The molecule has 1 unspecified atom stereocenters. The summed E-state index contributed by atoms with van der Waals surface area (Å²) in [6, 6.07) is 17.0. The second-order valence-electron chi connectivity index (χ2n) is 8.27. The Morgan fingerprint density at radius 3 is 2.42 bits per heavy atom. The minimum Gasteiger partial charge on any atom is -0.296 e. The fraction of sp³-hybridized carbons (Fsp3) is 0.375. The summed E-state index contributed by atoms with van der Waals surface area (Å²) in [7, 11) is 0. The Bertz CT molecular complexity index is 1220. The summed E-state index contributed by atoms with van der Waals surface area (Å²) >= 11 is 1.40.